The number of carbonyl (C=O) groups is 2. The molecule has 0 radical (unpaired) electrons. The van der Waals surface area contributed by atoms with Gasteiger partial charge in [-0.3, -0.25) is 0 Å². The maximum absolute atomic E-state index is 13.3. The smallest absolute Gasteiger partial charge is 0.338 e. The van der Waals surface area contributed by atoms with Crippen LogP contribution in [0.3, 0.4) is 0 Å². The summed E-state index contributed by atoms with van der Waals surface area (Å²) in [6.07, 6.45) is 0.943. The van der Waals surface area contributed by atoms with Crippen LogP contribution in [0.25, 0.3) is 0 Å². The van der Waals surface area contributed by atoms with Crippen LogP contribution in [0.15, 0.2) is 18.2 Å². The molecule has 0 spiro atoms. The van der Waals surface area contributed by atoms with Gasteiger partial charge in [0.15, 0.2) is 0 Å². The van der Waals surface area contributed by atoms with Crippen LogP contribution >= 0.6 is 0 Å². The lowest BCUT2D eigenvalue weighted by Crippen LogP contribution is -2.44. The standard InChI is InChI=1S/C15H19FN2O3/c1-9-5-6-18(8-10(9)2)15(21)17-11-3-4-13(16)12(7-11)14(19)20/h3-4,7,9-10H,5-6,8H2,1-2H3,(H,17,21)(H,19,20). The van der Waals surface area contributed by atoms with Gasteiger partial charge in [-0.2, -0.15) is 0 Å². The number of carboxylic acid groups (broad SMARTS) is 1. The third-order valence-corrected chi connectivity index (χ3v) is 4.07. The first kappa shape index (κ1) is 15.3. The maximum atomic E-state index is 13.3. The van der Waals surface area contributed by atoms with E-state index in [0.29, 0.717) is 24.9 Å². The van der Waals surface area contributed by atoms with Crippen molar-refractivity contribution in [3.63, 3.8) is 0 Å². The van der Waals surface area contributed by atoms with Gasteiger partial charge < -0.3 is 15.3 Å². The van der Waals surface area contributed by atoms with Crippen LogP contribution in [-0.2, 0) is 0 Å². The van der Waals surface area contributed by atoms with Crippen molar-refractivity contribution in [3.05, 3.63) is 29.6 Å². The van der Waals surface area contributed by atoms with Crippen molar-refractivity contribution in [1.82, 2.24) is 4.90 Å². The quantitative estimate of drug-likeness (QED) is 0.880. The van der Waals surface area contributed by atoms with Crippen molar-refractivity contribution in [2.75, 3.05) is 18.4 Å². The Labute approximate surface area is 122 Å². The monoisotopic (exact) mass is 294 g/mol. The van der Waals surface area contributed by atoms with Gasteiger partial charge >= 0.3 is 12.0 Å². The Bertz CT molecular complexity index is 562. The fraction of sp³-hybridized carbons (Fsp3) is 0.467. The molecule has 1 aromatic carbocycles. The summed E-state index contributed by atoms with van der Waals surface area (Å²) in [5.74, 6) is -1.17. The highest BCUT2D eigenvalue weighted by atomic mass is 19.1. The molecule has 2 N–H and O–H groups in total. The highest BCUT2D eigenvalue weighted by molar-refractivity contribution is 5.93. The van der Waals surface area contributed by atoms with E-state index >= 15 is 0 Å². The predicted octanol–water partition coefficient (Wildman–Crippen LogP) is 3.03. The van der Waals surface area contributed by atoms with Crippen molar-refractivity contribution >= 4 is 17.7 Å². The van der Waals surface area contributed by atoms with Crippen LogP contribution in [-0.4, -0.2) is 35.1 Å². The van der Waals surface area contributed by atoms with Gasteiger partial charge in [-0.1, -0.05) is 13.8 Å². The van der Waals surface area contributed by atoms with Crippen molar-refractivity contribution in [1.29, 1.82) is 0 Å². The number of carboxylic acids is 1. The molecule has 2 rings (SSSR count). The van der Waals surface area contributed by atoms with Gasteiger partial charge in [-0.25, -0.2) is 14.0 Å². The van der Waals surface area contributed by atoms with Gasteiger partial charge in [0.25, 0.3) is 0 Å². The highest BCUT2D eigenvalue weighted by Crippen LogP contribution is 2.23. The van der Waals surface area contributed by atoms with Crippen LogP contribution < -0.4 is 5.32 Å². The number of carbonyl (C=O) groups excluding carboxylic acids is 1. The molecule has 1 aromatic rings. The molecule has 6 heteroatoms. The number of aromatic carboxylic acids is 1. The van der Waals surface area contributed by atoms with E-state index in [0.717, 1.165) is 18.6 Å². The minimum Gasteiger partial charge on any atom is -0.478 e. The Hall–Kier alpha value is -2.11. The van der Waals surface area contributed by atoms with E-state index in [2.05, 4.69) is 19.2 Å². The van der Waals surface area contributed by atoms with E-state index in [9.17, 15) is 14.0 Å². The minimum absolute atomic E-state index is 0.281. The number of nitrogens with zero attached hydrogens (tertiary/aromatic N) is 1. The molecule has 114 valence electrons. The average Bonchev–Trinajstić information content (AvgIpc) is 2.43. The minimum atomic E-state index is -1.36. The third-order valence-electron chi connectivity index (χ3n) is 4.07. The van der Waals surface area contributed by atoms with E-state index in [4.69, 9.17) is 5.11 Å². The molecule has 1 aliphatic rings. The molecule has 1 heterocycles. The number of piperidine rings is 1. The Morgan fingerprint density at radius 3 is 2.67 bits per heavy atom. The van der Waals surface area contributed by atoms with Gasteiger partial charge in [-0.15, -0.1) is 0 Å². The molecular formula is C15H19FN2O3. The predicted molar refractivity (Wildman–Crippen MR) is 76.9 cm³/mol. The number of benzene rings is 1. The number of rotatable bonds is 2. The molecule has 0 saturated carbocycles. The molecular weight excluding hydrogens is 275 g/mol. The second-order valence-electron chi connectivity index (χ2n) is 5.62. The van der Waals surface area contributed by atoms with Crippen LogP contribution in [0.5, 0.6) is 0 Å². The van der Waals surface area contributed by atoms with Crippen LogP contribution in [0.2, 0.25) is 0 Å². The fourth-order valence-electron chi connectivity index (χ4n) is 2.42. The zero-order chi connectivity index (χ0) is 15.6. The third kappa shape index (κ3) is 3.51. The lowest BCUT2D eigenvalue weighted by molar-refractivity contribution is 0.0692. The average molecular weight is 294 g/mol. The zero-order valence-corrected chi connectivity index (χ0v) is 12.1. The van der Waals surface area contributed by atoms with E-state index in [1.807, 2.05) is 0 Å². The molecule has 1 fully saturated rings. The molecule has 0 aliphatic carbocycles. The first-order valence-electron chi connectivity index (χ1n) is 6.97. The van der Waals surface area contributed by atoms with Gasteiger partial charge in [0.1, 0.15) is 5.82 Å². The van der Waals surface area contributed by atoms with Crippen LogP contribution in [0.1, 0.15) is 30.6 Å². The Morgan fingerprint density at radius 2 is 2.05 bits per heavy atom. The molecule has 2 atom stereocenters. The molecule has 0 bridgehead atoms. The molecule has 1 saturated heterocycles. The number of hydrogen-bond acceptors (Lipinski definition) is 2. The van der Waals surface area contributed by atoms with Crippen molar-refractivity contribution < 1.29 is 19.1 Å². The fourth-order valence-corrected chi connectivity index (χ4v) is 2.42. The van der Waals surface area contributed by atoms with Gasteiger partial charge in [0.2, 0.25) is 0 Å². The molecule has 2 unspecified atom stereocenters. The topological polar surface area (TPSA) is 69.6 Å². The Morgan fingerprint density at radius 1 is 1.33 bits per heavy atom. The summed E-state index contributed by atoms with van der Waals surface area (Å²) >= 11 is 0. The Balaban J connectivity index is 2.06. The second kappa shape index (κ2) is 6.11. The van der Waals surface area contributed by atoms with Crippen LogP contribution in [0.4, 0.5) is 14.9 Å². The summed E-state index contributed by atoms with van der Waals surface area (Å²) in [5.41, 5.74) is -0.168. The van der Waals surface area contributed by atoms with E-state index in [-0.39, 0.29) is 11.7 Å². The Kier molecular flexibility index (Phi) is 4.45. The summed E-state index contributed by atoms with van der Waals surface area (Å²) in [6.45, 7) is 5.61. The summed E-state index contributed by atoms with van der Waals surface area (Å²) in [4.78, 5) is 24.7. The number of anilines is 1. The molecule has 2 amide bonds. The summed E-state index contributed by atoms with van der Waals surface area (Å²) in [6, 6.07) is 3.25. The number of nitrogens with one attached hydrogen (secondary N) is 1. The zero-order valence-electron chi connectivity index (χ0n) is 12.1. The number of amides is 2. The first-order chi connectivity index (χ1) is 9.88. The van der Waals surface area contributed by atoms with Gasteiger partial charge in [0.05, 0.1) is 5.56 Å². The number of hydrogen-bond donors (Lipinski definition) is 2. The molecule has 21 heavy (non-hydrogen) atoms. The summed E-state index contributed by atoms with van der Waals surface area (Å²) < 4.78 is 13.3. The normalized spacial score (nSPS) is 22.0. The molecule has 0 aromatic heterocycles. The number of urea groups is 1. The molecule has 5 nitrogen and oxygen atoms in total. The number of halogens is 1. The van der Waals surface area contributed by atoms with Gasteiger partial charge in [-0.05, 0) is 36.5 Å². The lowest BCUT2D eigenvalue weighted by atomic mass is 9.89. The van der Waals surface area contributed by atoms with Crippen molar-refractivity contribution in [2.24, 2.45) is 11.8 Å². The number of likely N-dealkylation sites (tertiary alicyclic amines) is 1. The van der Waals surface area contributed by atoms with E-state index in [1.54, 1.807) is 4.90 Å². The highest BCUT2D eigenvalue weighted by Gasteiger charge is 2.26. The summed E-state index contributed by atoms with van der Waals surface area (Å²) in [7, 11) is 0. The summed E-state index contributed by atoms with van der Waals surface area (Å²) in [5, 5.41) is 11.5. The van der Waals surface area contributed by atoms with Crippen molar-refractivity contribution in [3.8, 4) is 0 Å². The van der Waals surface area contributed by atoms with Gasteiger partial charge in [0, 0.05) is 18.8 Å². The molecule has 1 aliphatic heterocycles. The maximum Gasteiger partial charge on any atom is 0.338 e. The lowest BCUT2D eigenvalue weighted by Gasteiger charge is -2.35. The van der Waals surface area contributed by atoms with E-state index in [1.165, 1.54) is 6.07 Å². The largest absolute Gasteiger partial charge is 0.478 e. The van der Waals surface area contributed by atoms with Crippen LogP contribution in [0, 0.1) is 17.7 Å². The second-order valence-corrected chi connectivity index (χ2v) is 5.62. The van der Waals surface area contributed by atoms with E-state index < -0.39 is 17.3 Å². The SMILES string of the molecule is CC1CCN(C(=O)Nc2ccc(F)c(C(=O)O)c2)CC1C. The first-order valence-corrected chi connectivity index (χ1v) is 6.97. The van der Waals surface area contributed by atoms with Crippen molar-refractivity contribution in [2.45, 2.75) is 20.3 Å².